The fraction of sp³-hybridized carbons (Fsp3) is 0.667. The van der Waals surface area contributed by atoms with Gasteiger partial charge in [-0.15, -0.1) is 0 Å². The minimum Gasteiger partial charge on any atom is -0.394 e. The number of nitrogens with one attached hydrogen (secondary N) is 1. The number of hydrogen-bond donors (Lipinski definition) is 6. The number of aliphatic hydroxyl groups is 2. The zero-order valence-corrected chi connectivity index (χ0v) is 17.7. The highest BCUT2D eigenvalue weighted by atomic mass is 35.5. The normalized spacial score (nSPS) is 17.1. The Bertz CT molecular complexity index is 740. The monoisotopic (exact) mass is 442 g/mol. The third-order valence-electron chi connectivity index (χ3n) is 5.05. The van der Waals surface area contributed by atoms with Crippen LogP contribution in [-0.4, -0.2) is 75.8 Å². The Morgan fingerprint density at radius 3 is 2.63 bits per heavy atom. The van der Waals surface area contributed by atoms with E-state index >= 15 is 0 Å². The lowest BCUT2D eigenvalue weighted by Gasteiger charge is -2.32. The Morgan fingerprint density at radius 2 is 1.97 bits per heavy atom. The van der Waals surface area contributed by atoms with E-state index in [4.69, 9.17) is 33.9 Å². The first-order valence-corrected chi connectivity index (χ1v) is 10.4. The predicted octanol–water partition coefficient (Wildman–Crippen LogP) is -0.426. The van der Waals surface area contributed by atoms with Crippen molar-refractivity contribution < 1.29 is 15.0 Å². The topological polar surface area (TPSA) is 189 Å². The van der Waals surface area contributed by atoms with Crippen LogP contribution in [0.5, 0.6) is 0 Å². The number of nitrogen functional groups attached to an aromatic ring is 2. The first-order chi connectivity index (χ1) is 14.3. The molecular weight excluding hydrogens is 412 g/mol. The maximum atomic E-state index is 12.2. The number of rotatable bonds is 9. The van der Waals surface area contributed by atoms with Crippen LogP contribution in [0.1, 0.15) is 42.6 Å². The number of hydrogen-bond acceptors (Lipinski definition) is 9. The van der Waals surface area contributed by atoms with Gasteiger partial charge < -0.3 is 32.3 Å². The molecule has 1 unspecified atom stereocenters. The van der Waals surface area contributed by atoms with Gasteiger partial charge in [-0.3, -0.25) is 15.1 Å². The third-order valence-corrected chi connectivity index (χ3v) is 5.33. The second-order valence-electron chi connectivity index (χ2n) is 7.43. The summed E-state index contributed by atoms with van der Waals surface area (Å²) in [5.74, 6) is -0.212. The predicted molar refractivity (Wildman–Crippen MR) is 116 cm³/mol. The van der Waals surface area contributed by atoms with E-state index in [1.807, 2.05) is 0 Å². The van der Waals surface area contributed by atoms with Gasteiger partial charge in [0, 0.05) is 13.1 Å². The molecule has 1 aliphatic heterocycles. The highest BCUT2D eigenvalue weighted by Gasteiger charge is 2.20. The Balaban J connectivity index is 1.65. The molecule has 1 saturated heterocycles. The van der Waals surface area contributed by atoms with Crippen LogP contribution in [0.4, 0.5) is 11.6 Å². The fourth-order valence-corrected chi connectivity index (χ4v) is 3.51. The third kappa shape index (κ3) is 7.56. The lowest BCUT2D eigenvalue weighted by atomic mass is 9.91. The number of aliphatic imine (C=N–C) groups is 1. The molecule has 1 aromatic rings. The number of likely N-dealkylation sites (tertiary alicyclic amines) is 1. The summed E-state index contributed by atoms with van der Waals surface area (Å²) in [4.78, 5) is 26.1. The quantitative estimate of drug-likeness (QED) is 0.167. The number of aliphatic hydroxyl groups excluding tert-OH is 2. The first-order valence-electron chi connectivity index (χ1n) is 10.0. The number of aromatic nitrogens is 2. The molecule has 1 aliphatic rings. The summed E-state index contributed by atoms with van der Waals surface area (Å²) in [5.41, 5.74) is 16.7. The molecule has 0 saturated carbocycles. The number of carbonyl (C=O) groups excluding carboxylic acids is 1. The van der Waals surface area contributed by atoms with Crippen molar-refractivity contribution in [1.82, 2.24) is 20.2 Å². The van der Waals surface area contributed by atoms with Gasteiger partial charge in [-0.2, -0.15) is 0 Å². The van der Waals surface area contributed by atoms with E-state index in [1.165, 1.54) is 0 Å². The minimum atomic E-state index is -0.661. The molecule has 1 fully saturated rings. The Kier molecular flexibility index (Phi) is 9.50. The molecule has 0 radical (unpaired) electrons. The van der Waals surface area contributed by atoms with Crippen molar-refractivity contribution >= 4 is 35.1 Å². The molecule has 0 bridgehead atoms. The lowest BCUT2D eigenvalue weighted by Crippen LogP contribution is -2.39. The maximum absolute atomic E-state index is 12.2. The molecular formula is C18H31ClN8O3. The summed E-state index contributed by atoms with van der Waals surface area (Å²) in [6.45, 7) is 2.72. The number of nitrogens with two attached hydrogens (primary N) is 3. The number of carbonyl (C=O) groups is 1. The van der Waals surface area contributed by atoms with Crippen molar-refractivity contribution in [2.75, 3.05) is 44.3 Å². The Hall–Kier alpha value is -2.21. The minimum absolute atomic E-state index is 0.0232. The second kappa shape index (κ2) is 11.8. The molecule has 1 aromatic heterocycles. The van der Waals surface area contributed by atoms with E-state index in [2.05, 4.69) is 25.2 Å². The van der Waals surface area contributed by atoms with Gasteiger partial charge in [0.2, 0.25) is 0 Å². The number of halogens is 1. The van der Waals surface area contributed by atoms with Crippen molar-refractivity contribution in [3.63, 3.8) is 0 Å². The van der Waals surface area contributed by atoms with Gasteiger partial charge in [0.25, 0.3) is 5.91 Å². The van der Waals surface area contributed by atoms with Crippen LogP contribution in [0.15, 0.2) is 4.99 Å². The van der Waals surface area contributed by atoms with Gasteiger partial charge in [-0.1, -0.05) is 24.4 Å². The van der Waals surface area contributed by atoms with Crippen molar-refractivity contribution in [3.05, 3.63) is 10.8 Å². The SMILES string of the molecule is NC(=NCCCCC1CCN(CC(O)CO)CC1)NC(=O)c1nc(Cl)c(N)nc1N. The summed E-state index contributed by atoms with van der Waals surface area (Å²) < 4.78 is 0. The lowest BCUT2D eigenvalue weighted by molar-refractivity contribution is 0.0467. The van der Waals surface area contributed by atoms with Gasteiger partial charge in [0.1, 0.15) is 0 Å². The summed E-state index contributed by atoms with van der Waals surface area (Å²) in [6, 6.07) is 0. The van der Waals surface area contributed by atoms with Crippen LogP contribution >= 0.6 is 11.6 Å². The van der Waals surface area contributed by atoms with E-state index in [-0.39, 0.29) is 35.0 Å². The molecule has 0 spiro atoms. The number of β-amino-alcohol motifs (C(OH)–C–C–N with tert-alkyl or cyclic N) is 1. The largest absolute Gasteiger partial charge is 0.394 e. The van der Waals surface area contributed by atoms with E-state index in [0.29, 0.717) is 19.0 Å². The summed E-state index contributed by atoms with van der Waals surface area (Å²) in [5, 5.41) is 20.7. The average molecular weight is 443 g/mol. The van der Waals surface area contributed by atoms with E-state index in [0.717, 1.165) is 45.2 Å². The van der Waals surface area contributed by atoms with E-state index in [1.54, 1.807) is 0 Å². The van der Waals surface area contributed by atoms with Crippen LogP contribution < -0.4 is 22.5 Å². The van der Waals surface area contributed by atoms with Crippen LogP contribution in [0.25, 0.3) is 0 Å². The molecule has 30 heavy (non-hydrogen) atoms. The number of guanidine groups is 1. The van der Waals surface area contributed by atoms with Crippen LogP contribution in [-0.2, 0) is 0 Å². The van der Waals surface area contributed by atoms with Gasteiger partial charge in [-0.05, 0) is 38.3 Å². The summed E-state index contributed by atoms with van der Waals surface area (Å²) >= 11 is 5.77. The second-order valence-corrected chi connectivity index (χ2v) is 7.79. The van der Waals surface area contributed by atoms with Crippen LogP contribution in [0.2, 0.25) is 5.15 Å². The fourth-order valence-electron chi connectivity index (χ4n) is 3.38. The first kappa shape index (κ1) is 24.1. The molecule has 9 N–H and O–H groups in total. The van der Waals surface area contributed by atoms with Crippen LogP contribution in [0.3, 0.4) is 0 Å². The van der Waals surface area contributed by atoms with Crippen molar-refractivity contribution in [1.29, 1.82) is 0 Å². The van der Waals surface area contributed by atoms with Crippen LogP contribution in [0, 0.1) is 5.92 Å². The molecule has 0 aliphatic carbocycles. The standard InChI is InChI=1S/C18H31ClN8O3/c19-14-16(21)25-15(20)13(24-14)17(30)26-18(22)23-6-2-1-3-11-4-7-27(8-5-11)9-12(29)10-28/h11-12,28-29H,1-10H2,(H4,20,21,25)(H3,22,23,26,30). The van der Waals surface area contributed by atoms with Gasteiger partial charge in [0.15, 0.2) is 28.4 Å². The van der Waals surface area contributed by atoms with Gasteiger partial charge in [0.05, 0.1) is 12.7 Å². The van der Waals surface area contributed by atoms with Gasteiger partial charge >= 0.3 is 0 Å². The molecule has 1 atom stereocenters. The average Bonchev–Trinajstić information content (AvgIpc) is 2.71. The van der Waals surface area contributed by atoms with Crippen molar-refractivity contribution in [2.45, 2.75) is 38.2 Å². The zero-order chi connectivity index (χ0) is 22.1. The number of amides is 1. The number of piperidine rings is 1. The van der Waals surface area contributed by atoms with Gasteiger partial charge in [-0.25, -0.2) is 9.97 Å². The highest BCUT2D eigenvalue weighted by molar-refractivity contribution is 6.31. The molecule has 0 aromatic carbocycles. The molecule has 2 heterocycles. The van der Waals surface area contributed by atoms with E-state index in [9.17, 15) is 9.90 Å². The summed E-state index contributed by atoms with van der Waals surface area (Å²) in [7, 11) is 0. The smallest absolute Gasteiger partial charge is 0.280 e. The van der Waals surface area contributed by atoms with Crippen molar-refractivity contribution in [2.24, 2.45) is 16.6 Å². The Labute approximate surface area is 180 Å². The number of anilines is 2. The number of nitrogens with zero attached hydrogens (tertiary/aromatic N) is 4. The van der Waals surface area contributed by atoms with Crippen molar-refractivity contribution in [3.8, 4) is 0 Å². The van der Waals surface area contributed by atoms with E-state index < -0.39 is 12.0 Å². The zero-order valence-electron chi connectivity index (χ0n) is 16.9. The maximum Gasteiger partial charge on any atom is 0.280 e. The number of unbranched alkanes of at least 4 members (excludes halogenated alkanes) is 1. The molecule has 168 valence electrons. The highest BCUT2D eigenvalue weighted by Crippen LogP contribution is 2.22. The Morgan fingerprint density at radius 1 is 1.27 bits per heavy atom. The molecule has 11 nitrogen and oxygen atoms in total. The molecule has 12 heteroatoms. The molecule has 2 rings (SSSR count). The summed E-state index contributed by atoms with van der Waals surface area (Å²) in [6.07, 6.45) is 4.49. The molecule has 1 amide bonds.